The minimum Gasteiger partial charge on any atom is -0.447 e. The molecule has 2 rings (SSSR count). The molecule has 1 aliphatic heterocycles. The minimum absolute atomic E-state index is 0.0491. The Balaban J connectivity index is 2.03. The summed E-state index contributed by atoms with van der Waals surface area (Å²) in [4.78, 5) is 2.24. The summed E-state index contributed by atoms with van der Waals surface area (Å²) in [7, 11) is -3.50. The molecule has 0 aromatic carbocycles. The molecule has 7 heteroatoms. The number of furan rings is 1. The number of likely N-dealkylation sites (N-methyl/N-ethyl adjacent to an activating group) is 1. The highest BCUT2D eigenvalue weighted by Crippen LogP contribution is 2.20. The van der Waals surface area contributed by atoms with Crippen molar-refractivity contribution in [3.05, 3.63) is 17.9 Å². The first-order valence-electron chi connectivity index (χ1n) is 7.48. The third kappa shape index (κ3) is 4.06. The third-order valence-electron chi connectivity index (χ3n) is 3.69. The van der Waals surface area contributed by atoms with Gasteiger partial charge in [-0.05, 0) is 18.7 Å². The van der Waals surface area contributed by atoms with E-state index in [1.807, 2.05) is 13.8 Å². The molecule has 2 heterocycles. The highest BCUT2D eigenvalue weighted by atomic mass is 32.2. The fourth-order valence-corrected chi connectivity index (χ4v) is 3.66. The van der Waals surface area contributed by atoms with E-state index in [1.165, 1.54) is 4.31 Å². The van der Waals surface area contributed by atoms with Crippen molar-refractivity contribution >= 4 is 10.0 Å². The van der Waals surface area contributed by atoms with Crippen molar-refractivity contribution in [1.82, 2.24) is 14.5 Å². The van der Waals surface area contributed by atoms with Crippen molar-refractivity contribution in [1.29, 1.82) is 0 Å². The molecule has 1 saturated heterocycles. The standard InChI is InChI=1S/C14H25N3O3S/c1-4-16-7-9-17(10-8-16)21(18,19)14-6-5-13(20-14)11-15-12(2)3/h5-6,12,15H,4,7-11H2,1-3H3. The van der Waals surface area contributed by atoms with Crippen molar-refractivity contribution in [2.75, 3.05) is 32.7 Å². The molecule has 0 radical (unpaired) electrons. The average molecular weight is 315 g/mol. The Bertz CT molecular complexity index is 546. The van der Waals surface area contributed by atoms with Crippen LogP contribution in [0.25, 0.3) is 0 Å². The summed E-state index contributed by atoms with van der Waals surface area (Å²) in [5.41, 5.74) is 0. The molecule has 0 aliphatic carbocycles. The number of hydrogen-bond acceptors (Lipinski definition) is 5. The normalized spacial score (nSPS) is 18.5. The largest absolute Gasteiger partial charge is 0.447 e. The quantitative estimate of drug-likeness (QED) is 0.852. The average Bonchev–Trinajstić information content (AvgIpc) is 2.95. The molecule has 21 heavy (non-hydrogen) atoms. The number of piperazine rings is 1. The Morgan fingerprint density at radius 1 is 1.24 bits per heavy atom. The van der Waals surface area contributed by atoms with E-state index >= 15 is 0 Å². The van der Waals surface area contributed by atoms with Crippen molar-refractivity contribution in [3.63, 3.8) is 0 Å². The smallest absolute Gasteiger partial charge is 0.276 e. The number of nitrogens with zero attached hydrogens (tertiary/aromatic N) is 2. The van der Waals surface area contributed by atoms with Gasteiger partial charge >= 0.3 is 0 Å². The Morgan fingerprint density at radius 3 is 2.48 bits per heavy atom. The molecule has 120 valence electrons. The van der Waals surface area contributed by atoms with E-state index in [1.54, 1.807) is 12.1 Å². The molecule has 1 aliphatic rings. The molecule has 1 N–H and O–H groups in total. The topological polar surface area (TPSA) is 65.8 Å². The summed E-state index contributed by atoms with van der Waals surface area (Å²) >= 11 is 0. The van der Waals surface area contributed by atoms with Gasteiger partial charge in [0.1, 0.15) is 5.76 Å². The lowest BCUT2D eigenvalue weighted by atomic mass is 10.3. The summed E-state index contributed by atoms with van der Waals surface area (Å²) in [6.45, 7) is 10.3. The van der Waals surface area contributed by atoms with Crippen molar-refractivity contribution < 1.29 is 12.8 Å². The Labute approximate surface area is 127 Å². The highest BCUT2D eigenvalue weighted by Gasteiger charge is 2.30. The molecule has 0 amide bonds. The van der Waals surface area contributed by atoms with E-state index in [0.29, 0.717) is 31.4 Å². The molecule has 1 aromatic heterocycles. The SMILES string of the molecule is CCN1CCN(S(=O)(=O)c2ccc(CNC(C)C)o2)CC1. The zero-order valence-corrected chi connectivity index (χ0v) is 13.8. The van der Waals surface area contributed by atoms with Crippen molar-refractivity contribution in [2.45, 2.75) is 38.5 Å². The van der Waals surface area contributed by atoms with Crippen LogP contribution in [0.15, 0.2) is 21.6 Å². The van der Waals surface area contributed by atoms with E-state index in [9.17, 15) is 8.42 Å². The fourth-order valence-electron chi connectivity index (χ4n) is 2.31. The van der Waals surface area contributed by atoms with Crippen LogP contribution < -0.4 is 5.32 Å². The van der Waals surface area contributed by atoms with E-state index < -0.39 is 10.0 Å². The van der Waals surface area contributed by atoms with Crippen LogP contribution in [0.2, 0.25) is 0 Å². The van der Waals surface area contributed by atoms with Crippen molar-refractivity contribution in [2.24, 2.45) is 0 Å². The Morgan fingerprint density at radius 2 is 1.90 bits per heavy atom. The van der Waals surface area contributed by atoms with Crippen LogP contribution in [0.4, 0.5) is 0 Å². The van der Waals surface area contributed by atoms with Gasteiger partial charge in [-0.2, -0.15) is 4.31 Å². The van der Waals surface area contributed by atoms with Crippen LogP contribution in [0.1, 0.15) is 26.5 Å². The van der Waals surface area contributed by atoms with Gasteiger partial charge in [-0.15, -0.1) is 0 Å². The summed E-state index contributed by atoms with van der Waals surface area (Å²) in [5.74, 6) is 0.648. The van der Waals surface area contributed by atoms with E-state index in [2.05, 4.69) is 17.1 Å². The zero-order valence-electron chi connectivity index (χ0n) is 13.0. The third-order valence-corrected chi connectivity index (χ3v) is 5.47. The van der Waals surface area contributed by atoms with Crippen LogP contribution >= 0.6 is 0 Å². The first kappa shape index (κ1) is 16.5. The van der Waals surface area contributed by atoms with Gasteiger partial charge in [0, 0.05) is 32.2 Å². The molecular weight excluding hydrogens is 290 g/mol. The summed E-state index contributed by atoms with van der Waals surface area (Å²) in [6.07, 6.45) is 0. The first-order valence-corrected chi connectivity index (χ1v) is 8.92. The molecule has 0 saturated carbocycles. The van der Waals surface area contributed by atoms with E-state index in [4.69, 9.17) is 4.42 Å². The lowest BCUT2D eigenvalue weighted by Gasteiger charge is -2.32. The molecule has 1 fully saturated rings. The van der Waals surface area contributed by atoms with Gasteiger partial charge in [0.15, 0.2) is 0 Å². The van der Waals surface area contributed by atoms with Gasteiger partial charge in [0.2, 0.25) is 5.09 Å². The molecule has 0 unspecified atom stereocenters. The zero-order chi connectivity index (χ0) is 15.5. The van der Waals surface area contributed by atoms with Gasteiger partial charge < -0.3 is 14.6 Å². The van der Waals surface area contributed by atoms with Gasteiger partial charge in [0.25, 0.3) is 10.0 Å². The second kappa shape index (κ2) is 6.91. The summed E-state index contributed by atoms with van der Waals surface area (Å²) in [5, 5.41) is 3.26. The fraction of sp³-hybridized carbons (Fsp3) is 0.714. The van der Waals surface area contributed by atoms with Crippen LogP contribution in [0.5, 0.6) is 0 Å². The number of sulfonamides is 1. The molecular formula is C14H25N3O3S. The molecule has 0 bridgehead atoms. The van der Waals surface area contributed by atoms with Crippen LogP contribution in [-0.2, 0) is 16.6 Å². The monoisotopic (exact) mass is 315 g/mol. The second-order valence-corrected chi connectivity index (χ2v) is 7.46. The Kier molecular flexibility index (Phi) is 5.43. The highest BCUT2D eigenvalue weighted by molar-refractivity contribution is 7.89. The van der Waals surface area contributed by atoms with Gasteiger partial charge in [-0.1, -0.05) is 20.8 Å². The van der Waals surface area contributed by atoms with Gasteiger partial charge in [0.05, 0.1) is 6.54 Å². The lowest BCUT2D eigenvalue weighted by molar-refractivity contribution is 0.194. The van der Waals surface area contributed by atoms with Crippen LogP contribution in [0.3, 0.4) is 0 Å². The number of rotatable bonds is 6. The lowest BCUT2D eigenvalue weighted by Crippen LogP contribution is -2.48. The maximum absolute atomic E-state index is 12.5. The van der Waals surface area contributed by atoms with E-state index in [-0.39, 0.29) is 5.09 Å². The second-order valence-electron chi connectivity index (χ2n) is 5.59. The predicted octanol–water partition coefficient (Wildman–Crippen LogP) is 1.10. The molecule has 0 spiro atoms. The first-order chi connectivity index (χ1) is 9.93. The number of hydrogen-bond donors (Lipinski definition) is 1. The molecule has 0 atom stereocenters. The summed E-state index contributed by atoms with van der Waals surface area (Å²) in [6, 6.07) is 3.61. The van der Waals surface area contributed by atoms with Gasteiger partial charge in [-0.3, -0.25) is 0 Å². The Hall–Kier alpha value is -0.890. The van der Waals surface area contributed by atoms with Gasteiger partial charge in [-0.25, -0.2) is 8.42 Å². The molecule has 6 nitrogen and oxygen atoms in total. The molecule has 1 aromatic rings. The van der Waals surface area contributed by atoms with Crippen LogP contribution in [-0.4, -0.2) is 56.4 Å². The van der Waals surface area contributed by atoms with E-state index in [0.717, 1.165) is 19.6 Å². The summed E-state index contributed by atoms with van der Waals surface area (Å²) < 4.78 is 32.1. The maximum Gasteiger partial charge on any atom is 0.276 e. The maximum atomic E-state index is 12.5. The minimum atomic E-state index is -3.50. The number of nitrogens with one attached hydrogen (secondary N) is 1. The van der Waals surface area contributed by atoms with Crippen LogP contribution in [0, 0.1) is 0 Å². The predicted molar refractivity (Wildman–Crippen MR) is 81.6 cm³/mol. The van der Waals surface area contributed by atoms with Crippen molar-refractivity contribution in [3.8, 4) is 0 Å².